The largest absolute Gasteiger partial charge is 0.309 e. The Hall–Kier alpha value is -5.61. The minimum Gasteiger partial charge on any atom is -0.309 e. The van der Waals surface area contributed by atoms with Gasteiger partial charge >= 0.3 is 0 Å². The van der Waals surface area contributed by atoms with Crippen LogP contribution in [0.15, 0.2) is 146 Å². The van der Waals surface area contributed by atoms with Crippen molar-refractivity contribution in [1.29, 1.82) is 0 Å². The molecule has 0 atom stereocenters. The third-order valence-electron chi connectivity index (χ3n) is 8.16. The molecule has 204 valence electrons. The number of para-hydroxylation sites is 2. The first-order valence-electron chi connectivity index (χ1n) is 14.7. The van der Waals surface area contributed by atoms with Gasteiger partial charge in [-0.25, -0.2) is 9.97 Å². The standard InChI is InChI=1S/C39H28N4/c1-3-9-30(10-4-1)39-41-35(29-17-15-27(16-18-29)28-21-23-40-24-22-28)26-36(42-39)31-19-20-38-34(25-31)33-13-7-8-14-37(33)43(38)32-11-5-2-6-12-32/h2-3,5-26H,1,4H2. The van der Waals surface area contributed by atoms with Crippen molar-refractivity contribution in [3.05, 3.63) is 152 Å². The SMILES string of the molecule is C1=CC(c2nc(-c3ccc(-c4ccncc4)cc3)cc(-c3ccc4c(c3)c3ccccc3n4-c3ccccc3)n2)=CCC1. The highest BCUT2D eigenvalue weighted by molar-refractivity contribution is 6.10. The third-order valence-corrected chi connectivity index (χ3v) is 8.16. The number of fused-ring (bicyclic) bond motifs is 3. The molecule has 1 aliphatic carbocycles. The second-order valence-corrected chi connectivity index (χ2v) is 10.8. The molecule has 0 saturated heterocycles. The summed E-state index contributed by atoms with van der Waals surface area (Å²) in [5, 5.41) is 2.43. The van der Waals surface area contributed by atoms with Crippen molar-refractivity contribution in [2.45, 2.75) is 12.8 Å². The number of hydrogen-bond donors (Lipinski definition) is 0. The molecule has 0 unspecified atom stereocenters. The zero-order chi connectivity index (χ0) is 28.6. The smallest absolute Gasteiger partial charge is 0.160 e. The van der Waals surface area contributed by atoms with E-state index in [9.17, 15) is 0 Å². The molecule has 4 aromatic carbocycles. The van der Waals surface area contributed by atoms with Gasteiger partial charge in [0.2, 0.25) is 0 Å². The van der Waals surface area contributed by atoms with Crippen LogP contribution in [0.1, 0.15) is 18.7 Å². The van der Waals surface area contributed by atoms with E-state index >= 15 is 0 Å². The van der Waals surface area contributed by atoms with E-state index in [1.165, 1.54) is 21.8 Å². The Balaban J connectivity index is 1.28. The van der Waals surface area contributed by atoms with Gasteiger partial charge in [0.05, 0.1) is 22.4 Å². The van der Waals surface area contributed by atoms with Crippen LogP contribution in [0.4, 0.5) is 0 Å². The number of nitrogens with zero attached hydrogens (tertiary/aromatic N) is 4. The lowest BCUT2D eigenvalue weighted by Gasteiger charge is -2.12. The van der Waals surface area contributed by atoms with Crippen LogP contribution in [-0.2, 0) is 0 Å². The van der Waals surface area contributed by atoms with Crippen LogP contribution in [-0.4, -0.2) is 19.5 Å². The lowest BCUT2D eigenvalue weighted by Crippen LogP contribution is -1.99. The summed E-state index contributed by atoms with van der Waals surface area (Å²) in [4.78, 5) is 14.3. The fourth-order valence-electron chi connectivity index (χ4n) is 6.02. The van der Waals surface area contributed by atoms with Gasteiger partial charge in [0.15, 0.2) is 5.82 Å². The minimum absolute atomic E-state index is 0.758. The normalized spacial score (nSPS) is 13.0. The van der Waals surface area contributed by atoms with Crippen molar-refractivity contribution in [1.82, 2.24) is 19.5 Å². The average Bonchev–Trinajstić information content (AvgIpc) is 3.43. The van der Waals surface area contributed by atoms with E-state index in [1.54, 1.807) is 0 Å². The van der Waals surface area contributed by atoms with Crippen LogP contribution in [0.2, 0.25) is 0 Å². The molecule has 4 heteroatoms. The second kappa shape index (κ2) is 10.7. The van der Waals surface area contributed by atoms with E-state index in [0.717, 1.165) is 63.6 Å². The summed E-state index contributed by atoms with van der Waals surface area (Å²) in [5.41, 5.74) is 10.8. The van der Waals surface area contributed by atoms with Gasteiger partial charge < -0.3 is 4.57 Å². The molecule has 0 aliphatic heterocycles. The molecule has 4 nitrogen and oxygen atoms in total. The number of aromatic nitrogens is 4. The fourth-order valence-corrected chi connectivity index (χ4v) is 6.02. The maximum absolute atomic E-state index is 5.13. The summed E-state index contributed by atoms with van der Waals surface area (Å²) in [6, 6.07) is 40.7. The molecule has 3 heterocycles. The van der Waals surface area contributed by atoms with E-state index < -0.39 is 0 Å². The monoisotopic (exact) mass is 552 g/mol. The summed E-state index contributed by atoms with van der Waals surface area (Å²) in [6.07, 6.45) is 12.3. The van der Waals surface area contributed by atoms with Crippen LogP contribution >= 0.6 is 0 Å². The van der Waals surface area contributed by atoms with E-state index in [2.05, 4.69) is 131 Å². The van der Waals surface area contributed by atoms with Crippen LogP contribution in [0.5, 0.6) is 0 Å². The molecule has 0 radical (unpaired) electrons. The summed E-state index contributed by atoms with van der Waals surface area (Å²) >= 11 is 0. The first kappa shape index (κ1) is 25.1. The number of allylic oxidation sites excluding steroid dienone is 4. The molecule has 8 rings (SSSR count). The highest BCUT2D eigenvalue weighted by atomic mass is 15.0. The maximum atomic E-state index is 5.13. The third kappa shape index (κ3) is 4.63. The zero-order valence-electron chi connectivity index (χ0n) is 23.6. The predicted octanol–water partition coefficient (Wildman–Crippen LogP) is 9.70. The first-order valence-corrected chi connectivity index (χ1v) is 14.7. The lowest BCUT2D eigenvalue weighted by atomic mass is 10.0. The van der Waals surface area contributed by atoms with Gasteiger partial charge in [-0.05, 0) is 72.5 Å². The molecule has 0 N–H and O–H groups in total. The highest BCUT2D eigenvalue weighted by Crippen LogP contribution is 2.36. The van der Waals surface area contributed by atoms with Gasteiger partial charge in [-0.1, -0.05) is 85.0 Å². The van der Waals surface area contributed by atoms with Crippen molar-refractivity contribution in [2.24, 2.45) is 0 Å². The van der Waals surface area contributed by atoms with E-state index in [-0.39, 0.29) is 0 Å². The summed E-state index contributed by atoms with van der Waals surface area (Å²) in [6.45, 7) is 0. The summed E-state index contributed by atoms with van der Waals surface area (Å²) in [5.74, 6) is 0.758. The van der Waals surface area contributed by atoms with Crippen LogP contribution in [0.3, 0.4) is 0 Å². The topological polar surface area (TPSA) is 43.6 Å². The average molecular weight is 553 g/mol. The molecule has 43 heavy (non-hydrogen) atoms. The maximum Gasteiger partial charge on any atom is 0.160 e. The molecule has 7 aromatic rings. The number of rotatable bonds is 5. The van der Waals surface area contributed by atoms with Crippen molar-refractivity contribution in [2.75, 3.05) is 0 Å². The molecule has 1 aliphatic rings. The van der Waals surface area contributed by atoms with E-state index in [4.69, 9.17) is 9.97 Å². The first-order chi connectivity index (χ1) is 21.3. The quantitative estimate of drug-likeness (QED) is 0.213. The number of pyridine rings is 1. The Morgan fingerprint density at radius 3 is 2.00 bits per heavy atom. The number of hydrogen-bond acceptors (Lipinski definition) is 3. The van der Waals surface area contributed by atoms with Crippen molar-refractivity contribution in [3.63, 3.8) is 0 Å². The van der Waals surface area contributed by atoms with Crippen molar-refractivity contribution >= 4 is 27.4 Å². The summed E-state index contributed by atoms with van der Waals surface area (Å²) < 4.78 is 2.34. The Morgan fingerprint density at radius 2 is 1.21 bits per heavy atom. The van der Waals surface area contributed by atoms with Gasteiger partial charge in [-0.15, -0.1) is 0 Å². The number of benzene rings is 4. The Labute approximate surface area is 250 Å². The molecular formula is C39H28N4. The van der Waals surface area contributed by atoms with Gasteiger partial charge in [0.1, 0.15) is 0 Å². The Bertz CT molecular complexity index is 2160. The predicted molar refractivity (Wildman–Crippen MR) is 177 cm³/mol. The fraction of sp³-hybridized carbons (Fsp3) is 0.0513. The molecule has 0 bridgehead atoms. The van der Waals surface area contributed by atoms with Crippen LogP contribution < -0.4 is 0 Å². The van der Waals surface area contributed by atoms with Gasteiger partial charge in [-0.2, -0.15) is 0 Å². The van der Waals surface area contributed by atoms with Crippen molar-refractivity contribution < 1.29 is 0 Å². The molecule has 0 fully saturated rings. The zero-order valence-corrected chi connectivity index (χ0v) is 23.6. The van der Waals surface area contributed by atoms with Gasteiger partial charge in [0, 0.05) is 45.6 Å². The lowest BCUT2D eigenvalue weighted by molar-refractivity contribution is 1.03. The summed E-state index contributed by atoms with van der Waals surface area (Å²) in [7, 11) is 0. The van der Waals surface area contributed by atoms with Crippen molar-refractivity contribution in [3.8, 4) is 39.3 Å². The Kier molecular flexibility index (Phi) is 6.23. The second-order valence-electron chi connectivity index (χ2n) is 10.8. The minimum atomic E-state index is 0.758. The highest BCUT2D eigenvalue weighted by Gasteiger charge is 2.16. The van der Waals surface area contributed by atoms with Crippen LogP contribution in [0.25, 0.3) is 66.7 Å². The van der Waals surface area contributed by atoms with E-state index in [1.807, 2.05) is 24.5 Å². The van der Waals surface area contributed by atoms with Gasteiger partial charge in [-0.3, -0.25) is 4.98 Å². The molecule has 3 aromatic heterocycles. The van der Waals surface area contributed by atoms with Crippen LogP contribution in [0, 0.1) is 0 Å². The molecule has 0 amide bonds. The van der Waals surface area contributed by atoms with E-state index in [0.29, 0.717) is 0 Å². The van der Waals surface area contributed by atoms with Gasteiger partial charge in [0.25, 0.3) is 0 Å². The molecular weight excluding hydrogens is 524 g/mol. The Morgan fingerprint density at radius 1 is 0.535 bits per heavy atom. The molecule has 0 saturated carbocycles. The molecule has 0 spiro atoms.